The third-order valence-electron chi connectivity index (χ3n) is 12.8. The van der Waals surface area contributed by atoms with Crippen molar-refractivity contribution < 1.29 is 9.84 Å². The largest absolute Gasteiger partial charge is 0.390 e. The maximum atomic E-state index is 11.2. The van der Waals surface area contributed by atoms with Crippen LogP contribution in [0.2, 0.25) is 0 Å². The lowest BCUT2D eigenvalue weighted by molar-refractivity contribution is -0.0649. The molecule has 38 heavy (non-hydrogen) atoms. The summed E-state index contributed by atoms with van der Waals surface area (Å²) in [5, 5.41) is 15.1. The van der Waals surface area contributed by atoms with Gasteiger partial charge in [-0.3, -0.25) is 0 Å². The summed E-state index contributed by atoms with van der Waals surface area (Å²) in [5.41, 5.74) is 2.10. The van der Waals surface area contributed by atoms with Crippen molar-refractivity contribution in [2.45, 2.75) is 148 Å². The minimum atomic E-state index is -0.371. The molecule has 6 aliphatic rings. The van der Waals surface area contributed by atoms with Crippen molar-refractivity contribution in [1.29, 1.82) is 0 Å². The molecule has 0 radical (unpaired) electrons. The Kier molecular flexibility index (Phi) is 7.43. The first-order chi connectivity index (χ1) is 18.0. The quantitative estimate of drug-likeness (QED) is 0.191. The van der Waals surface area contributed by atoms with Gasteiger partial charge in [-0.15, -0.1) is 0 Å². The van der Waals surface area contributed by atoms with E-state index < -0.39 is 0 Å². The normalized spacial score (nSPS) is 45.1. The lowest BCUT2D eigenvalue weighted by Gasteiger charge is -2.58. The fourth-order valence-corrected chi connectivity index (χ4v) is 11.0. The first-order valence-electron chi connectivity index (χ1n) is 16.8. The molecule has 6 rings (SSSR count). The van der Waals surface area contributed by atoms with Crippen molar-refractivity contribution in [1.82, 2.24) is 5.32 Å². The van der Waals surface area contributed by atoms with Crippen LogP contribution in [0.5, 0.6) is 0 Å². The number of allylic oxidation sites excluding steroid dienone is 1. The van der Waals surface area contributed by atoms with E-state index >= 15 is 0 Å². The van der Waals surface area contributed by atoms with Crippen molar-refractivity contribution in [2.24, 2.45) is 46.3 Å². The van der Waals surface area contributed by atoms with Crippen LogP contribution in [0.3, 0.4) is 0 Å². The van der Waals surface area contributed by atoms with Gasteiger partial charge in [-0.1, -0.05) is 59.1 Å². The Morgan fingerprint density at radius 1 is 1.03 bits per heavy atom. The summed E-state index contributed by atoms with van der Waals surface area (Å²) in [6, 6.07) is 0. The predicted octanol–water partition coefficient (Wildman–Crippen LogP) is 8.06. The maximum absolute atomic E-state index is 11.2. The molecular formula is C35H59NO2. The average molecular weight is 526 g/mol. The first kappa shape index (κ1) is 27.8. The number of epoxide rings is 1. The van der Waals surface area contributed by atoms with Crippen LogP contribution >= 0.6 is 0 Å². The zero-order chi connectivity index (χ0) is 26.8. The topological polar surface area (TPSA) is 44.8 Å². The van der Waals surface area contributed by atoms with Crippen LogP contribution in [-0.4, -0.2) is 35.5 Å². The number of ether oxygens (including phenoxy) is 1. The van der Waals surface area contributed by atoms with E-state index in [4.69, 9.17) is 11.3 Å². The SMILES string of the molecule is C=C1CC2(CCC(CCC3(O)CCCCC3)C2)C2OC23CC(CNCCC(C)C)CC(C3)C2C1CC2(C)C. The monoisotopic (exact) mass is 525 g/mol. The van der Waals surface area contributed by atoms with Crippen LogP contribution in [0.25, 0.3) is 0 Å². The fourth-order valence-electron chi connectivity index (χ4n) is 11.0. The summed E-state index contributed by atoms with van der Waals surface area (Å²) < 4.78 is 7.03. The van der Waals surface area contributed by atoms with Gasteiger partial charge in [0, 0.05) is 5.41 Å². The molecule has 1 heterocycles. The van der Waals surface area contributed by atoms with E-state index in [1.165, 1.54) is 90.0 Å². The van der Waals surface area contributed by atoms with E-state index in [1.807, 2.05) is 0 Å². The fraction of sp³-hybridized carbons (Fsp3) is 0.943. The summed E-state index contributed by atoms with van der Waals surface area (Å²) in [4.78, 5) is 0. The minimum Gasteiger partial charge on any atom is -0.390 e. The van der Waals surface area contributed by atoms with E-state index in [0.29, 0.717) is 16.9 Å². The number of fused-ring (bicyclic) bond motifs is 4. The standard InChI is InChI=1S/C35H59NO2/c1-24(2)11-16-36-23-27-17-28-21-35(20-27)31(38-35)33(18-25(3)29-22-32(4,5)30(28)29)14-9-26(19-33)10-15-34(37)12-7-6-8-13-34/h24,26-31,36-37H,3,6-23H2,1-2,4-5H3. The molecule has 216 valence electrons. The molecule has 1 saturated heterocycles. The molecule has 0 amide bonds. The van der Waals surface area contributed by atoms with Gasteiger partial charge in [-0.2, -0.15) is 0 Å². The van der Waals surface area contributed by atoms with E-state index in [-0.39, 0.29) is 11.2 Å². The number of hydrogen-bond donors (Lipinski definition) is 2. The molecule has 2 bridgehead atoms. The molecule has 1 aliphatic heterocycles. The summed E-state index contributed by atoms with van der Waals surface area (Å²) in [6.45, 7) is 16.9. The Hall–Kier alpha value is -0.380. The molecular weight excluding hydrogens is 466 g/mol. The van der Waals surface area contributed by atoms with Crippen LogP contribution in [-0.2, 0) is 4.74 Å². The smallest absolute Gasteiger partial charge is 0.0960 e. The van der Waals surface area contributed by atoms with Gasteiger partial charge in [0.15, 0.2) is 0 Å². The highest BCUT2D eigenvalue weighted by atomic mass is 16.6. The molecule has 2 N–H and O–H groups in total. The van der Waals surface area contributed by atoms with Gasteiger partial charge in [0.1, 0.15) is 0 Å². The van der Waals surface area contributed by atoms with Crippen molar-refractivity contribution in [3.05, 3.63) is 12.2 Å². The molecule has 3 nitrogen and oxygen atoms in total. The highest BCUT2D eigenvalue weighted by Crippen LogP contribution is 2.70. The molecule has 2 spiro atoms. The zero-order valence-electron chi connectivity index (χ0n) is 25.3. The Morgan fingerprint density at radius 2 is 1.82 bits per heavy atom. The first-order valence-corrected chi connectivity index (χ1v) is 16.8. The summed E-state index contributed by atoms with van der Waals surface area (Å²) in [6.07, 6.45) is 20.3. The van der Waals surface area contributed by atoms with Crippen LogP contribution in [0.4, 0.5) is 0 Å². The Balaban J connectivity index is 1.18. The summed E-state index contributed by atoms with van der Waals surface area (Å²) in [7, 11) is 0. The van der Waals surface area contributed by atoms with Crippen LogP contribution in [0, 0.1) is 46.3 Å². The molecule has 0 aromatic carbocycles. The van der Waals surface area contributed by atoms with Crippen LogP contribution < -0.4 is 5.32 Å². The average Bonchev–Trinajstić information content (AvgIpc) is 3.36. The van der Waals surface area contributed by atoms with Gasteiger partial charge in [0.25, 0.3) is 0 Å². The van der Waals surface area contributed by atoms with E-state index in [0.717, 1.165) is 61.3 Å². The van der Waals surface area contributed by atoms with Gasteiger partial charge in [-0.25, -0.2) is 0 Å². The molecule has 0 aromatic heterocycles. The van der Waals surface area contributed by atoms with Crippen molar-refractivity contribution >= 4 is 0 Å². The molecule has 3 heteroatoms. The van der Waals surface area contributed by atoms with Gasteiger partial charge < -0.3 is 15.2 Å². The van der Waals surface area contributed by atoms with Crippen molar-refractivity contribution in [2.75, 3.05) is 13.1 Å². The molecule has 5 aliphatic carbocycles. The van der Waals surface area contributed by atoms with Crippen LogP contribution in [0.1, 0.15) is 130 Å². The second-order valence-corrected chi connectivity index (χ2v) is 16.7. The van der Waals surface area contributed by atoms with Gasteiger partial charge in [-0.05, 0) is 137 Å². The Morgan fingerprint density at radius 3 is 2.55 bits per heavy atom. The Bertz CT molecular complexity index is 873. The molecule has 8 atom stereocenters. The minimum absolute atomic E-state index is 0.143. The second-order valence-electron chi connectivity index (χ2n) is 16.7. The maximum Gasteiger partial charge on any atom is 0.0960 e. The molecule has 8 unspecified atom stereocenters. The summed E-state index contributed by atoms with van der Waals surface area (Å²) >= 11 is 0. The molecule has 6 fully saturated rings. The number of rotatable bonds is 8. The number of nitrogens with one attached hydrogen (secondary N) is 1. The Labute approximate surface area is 234 Å². The van der Waals surface area contributed by atoms with Crippen LogP contribution in [0.15, 0.2) is 12.2 Å². The second kappa shape index (κ2) is 10.2. The van der Waals surface area contributed by atoms with Gasteiger partial charge in [0.2, 0.25) is 0 Å². The number of aliphatic hydroxyl groups is 1. The zero-order valence-corrected chi connectivity index (χ0v) is 25.3. The third kappa shape index (κ3) is 5.20. The van der Waals surface area contributed by atoms with E-state index in [2.05, 4.69) is 33.0 Å². The third-order valence-corrected chi connectivity index (χ3v) is 12.8. The number of hydrogen-bond acceptors (Lipinski definition) is 3. The lowest BCUT2D eigenvalue weighted by Crippen LogP contribution is -2.51. The highest BCUT2D eigenvalue weighted by Gasteiger charge is 2.70. The van der Waals surface area contributed by atoms with Crippen molar-refractivity contribution in [3.63, 3.8) is 0 Å². The van der Waals surface area contributed by atoms with E-state index in [9.17, 15) is 5.11 Å². The lowest BCUT2D eigenvalue weighted by atomic mass is 9.47. The van der Waals surface area contributed by atoms with E-state index in [1.54, 1.807) is 5.57 Å². The molecule has 0 aromatic rings. The predicted molar refractivity (Wildman–Crippen MR) is 157 cm³/mol. The summed E-state index contributed by atoms with van der Waals surface area (Å²) in [5.74, 6) is 4.61. The van der Waals surface area contributed by atoms with Gasteiger partial charge in [0.05, 0.1) is 17.3 Å². The van der Waals surface area contributed by atoms with Crippen molar-refractivity contribution in [3.8, 4) is 0 Å². The van der Waals surface area contributed by atoms with Gasteiger partial charge >= 0.3 is 0 Å². The highest BCUT2D eigenvalue weighted by molar-refractivity contribution is 5.25. The molecule has 5 saturated carbocycles.